The zero-order chi connectivity index (χ0) is 21.8. The highest BCUT2D eigenvalue weighted by Crippen LogP contribution is 2.42. The van der Waals surface area contributed by atoms with Gasteiger partial charge in [-0.2, -0.15) is 0 Å². The number of rotatable bonds is 4. The highest BCUT2D eigenvalue weighted by Gasteiger charge is 2.37. The van der Waals surface area contributed by atoms with Crippen molar-refractivity contribution in [3.8, 4) is 0 Å². The van der Waals surface area contributed by atoms with Crippen LogP contribution in [0.5, 0.6) is 0 Å². The van der Waals surface area contributed by atoms with Gasteiger partial charge in [0.1, 0.15) is 0 Å². The van der Waals surface area contributed by atoms with E-state index in [1.807, 2.05) is 108 Å². The van der Waals surface area contributed by atoms with Crippen LogP contribution in [0.2, 0.25) is 0 Å². The molecule has 0 radical (unpaired) electrons. The molecule has 31 heavy (non-hydrogen) atoms. The van der Waals surface area contributed by atoms with E-state index in [4.69, 9.17) is 0 Å². The number of benzene rings is 3. The van der Waals surface area contributed by atoms with Crippen molar-refractivity contribution < 1.29 is 9.59 Å². The molecule has 0 aromatic heterocycles. The molecule has 156 valence electrons. The van der Waals surface area contributed by atoms with Crippen LogP contribution in [0.15, 0.2) is 91.0 Å². The van der Waals surface area contributed by atoms with Crippen LogP contribution in [0.4, 0.5) is 11.4 Å². The molecule has 0 spiro atoms. The molecule has 4 rings (SSSR count). The summed E-state index contributed by atoms with van der Waals surface area (Å²) in [6, 6.07) is 27.2. The van der Waals surface area contributed by atoms with E-state index in [2.05, 4.69) is 0 Å². The average molecular weight is 411 g/mol. The number of fused-ring (bicyclic) bond motifs is 1. The van der Waals surface area contributed by atoms with Gasteiger partial charge in [0, 0.05) is 30.4 Å². The Morgan fingerprint density at radius 3 is 2.19 bits per heavy atom. The van der Waals surface area contributed by atoms with Crippen molar-refractivity contribution >= 4 is 29.3 Å². The van der Waals surface area contributed by atoms with Crippen molar-refractivity contribution in [3.05, 3.63) is 102 Å². The number of anilines is 2. The van der Waals surface area contributed by atoms with Gasteiger partial charge in [-0.05, 0) is 48.7 Å². The largest absolute Gasteiger partial charge is 0.309 e. The first-order valence-corrected chi connectivity index (χ1v) is 10.6. The third-order valence-corrected chi connectivity index (χ3v) is 5.70. The molecule has 1 heterocycles. The number of hydrogen-bond donors (Lipinski definition) is 0. The van der Waals surface area contributed by atoms with Crippen LogP contribution >= 0.6 is 0 Å². The smallest absolute Gasteiger partial charge is 0.251 e. The summed E-state index contributed by atoms with van der Waals surface area (Å²) in [7, 11) is 0. The minimum Gasteiger partial charge on any atom is -0.309 e. The van der Waals surface area contributed by atoms with Gasteiger partial charge in [0.25, 0.3) is 5.91 Å². The van der Waals surface area contributed by atoms with E-state index in [9.17, 15) is 9.59 Å². The van der Waals surface area contributed by atoms with Crippen LogP contribution in [0, 0.1) is 0 Å². The van der Waals surface area contributed by atoms with Crippen LogP contribution in [0.25, 0.3) is 6.08 Å². The highest BCUT2D eigenvalue weighted by molar-refractivity contribution is 6.05. The Hall–Kier alpha value is -3.66. The fraction of sp³-hybridized carbons (Fsp3) is 0.185. The second-order valence-electron chi connectivity index (χ2n) is 7.84. The minimum absolute atomic E-state index is 0.0139. The van der Waals surface area contributed by atoms with Gasteiger partial charge in [-0.25, -0.2) is 0 Å². The zero-order valence-electron chi connectivity index (χ0n) is 17.8. The summed E-state index contributed by atoms with van der Waals surface area (Å²) < 4.78 is 0. The Labute approximate surface area is 183 Å². The quantitative estimate of drug-likeness (QED) is 0.524. The summed E-state index contributed by atoms with van der Waals surface area (Å²) in [6.07, 6.45) is 4.14. The molecule has 0 aliphatic carbocycles. The lowest BCUT2D eigenvalue weighted by Crippen LogP contribution is -2.46. The van der Waals surface area contributed by atoms with E-state index >= 15 is 0 Å². The Bertz CT molecular complexity index is 1090. The van der Waals surface area contributed by atoms with E-state index in [-0.39, 0.29) is 23.9 Å². The lowest BCUT2D eigenvalue weighted by atomic mass is 9.90. The molecule has 4 nitrogen and oxygen atoms in total. The van der Waals surface area contributed by atoms with Gasteiger partial charge in [-0.1, -0.05) is 66.7 Å². The maximum Gasteiger partial charge on any atom is 0.251 e. The third-order valence-electron chi connectivity index (χ3n) is 5.70. The average Bonchev–Trinajstić information content (AvgIpc) is 2.79. The van der Waals surface area contributed by atoms with Crippen LogP contribution in [0.1, 0.15) is 37.4 Å². The van der Waals surface area contributed by atoms with E-state index in [1.165, 1.54) is 0 Å². The van der Waals surface area contributed by atoms with Gasteiger partial charge < -0.3 is 9.80 Å². The topological polar surface area (TPSA) is 40.6 Å². The first-order chi connectivity index (χ1) is 15.1. The lowest BCUT2D eigenvalue weighted by molar-refractivity contribution is -0.117. The number of nitrogens with zero attached hydrogens (tertiary/aromatic N) is 2. The fourth-order valence-electron chi connectivity index (χ4n) is 4.37. The number of carbonyl (C=O) groups is 2. The van der Waals surface area contributed by atoms with E-state index < -0.39 is 0 Å². The molecule has 2 amide bonds. The standard InChI is InChI=1S/C27H26N2O2/c1-20-19-26(24-15-9-10-16-25(24)28(20)21(2)30)29(23-13-7-4-8-14-23)27(31)18-17-22-11-5-3-6-12-22/h3-18,20,26H,19H2,1-2H3/b18-17+. The van der Waals surface area contributed by atoms with Crippen molar-refractivity contribution in [2.45, 2.75) is 32.4 Å². The first-order valence-electron chi connectivity index (χ1n) is 10.6. The summed E-state index contributed by atoms with van der Waals surface area (Å²) in [5.74, 6) is -0.0710. The number of amides is 2. The summed E-state index contributed by atoms with van der Waals surface area (Å²) in [5, 5.41) is 0. The molecule has 0 bridgehead atoms. The maximum absolute atomic E-state index is 13.5. The van der Waals surface area contributed by atoms with E-state index in [0.717, 1.165) is 22.5 Å². The fourth-order valence-corrected chi connectivity index (χ4v) is 4.37. The summed E-state index contributed by atoms with van der Waals surface area (Å²) in [6.45, 7) is 3.63. The maximum atomic E-state index is 13.5. The molecule has 3 aromatic carbocycles. The molecule has 0 saturated heterocycles. The number of hydrogen-bond acceptors (Lipinski definition) is 2. The van der Waals surface area contributed by atoms with Crippen LogP contribution in [-0.4, -0.2) is 17.9 Å². The second-order valence-corrected chi connectivity index (χ2v) is 7.84. The Morgan fingerprint density at radius 1 is 0.903 bits per heavy atom. The molecule has 2 atom stereocenters. The third kappa shape index (κ3) is 4.29. The first kappa shape index (κ1) is 20.6. The summed E-state index contributed by atoms with van der Waals surface area (Å²) in [5.41, 5.74) is 3.68. The molecule has 1 aliphatic heterocycles. The minimum atomic E-state index is -0.169. The Morgan fingerprint density at radius 2 is 1.52 bits per heavy atom. The monoisotopic (exact) mass is 410 g/mol. The Kier molecular flexibility index (Phi) is 5.99. The van der Waals surface area contributed by atoms with Crippen molar-refractivity contribution in [1.82, 2.24) is 0 Å². The highest BCUT2D eigenvalue weighted by atomic mass is 16.2. The lowest BCUT2D eigenvalue weighted by Gasteiger charge is -2.43. The molecule has 4 heteroatoms. The van der Waals surface area contributed by atoms with Crippen molar-refractivity contribution in [1.29, 1.82) is 0 Å². The molecular weight excluding hydrogens is 384 g/mol. The second kappa shape index (κ2) is 9.00. The SMILES string of the molecule is CC(=O)N1c2ccccc2C(N(C(=O)/C=C/c2ccccc2)c2ccccc2)CC1C. The predicted molar refractivity (Wildman–Crippen MR) is 126 cm³/mol. The Balaban J connectivity index is 1.77. The van der Waals surface area contributed by atoms with E-state index in [0.29, 0.717) is 6.42 Å². The molecule has 0 fully saturated rings. The molecule has 0 saturated carbocycles. The van der Waals surface area contributed by atoms with Crippen molar-refractivity contribution in [2.75, 3.05) is 9.80 Å². The predicted octanol–water partition coefficient (Wildman–Crippen LogP) is 5.62. The van der Waals surface area contributed by atoms with Gasteiger partial charge in [0.2, 0.25) is 5.91 Å². The van der Waals surface area contributed by atoms with Crippen LogP contribution in [0.3, 0.4) is 0 Å². The summed E-state index contributed by atoms with van der Waals surface area (Å²) in [4.78, 5) is 29.5. The molecule has 3 aromatic rings. The van der Waals surface area contributed by atoms with Gasteiger partial charge in [0.15, 0.2) is 0 Å². The van der Waals surface area contributed by atoms with Crippen LogP contribution in [-0.2, 0) is 9.59 Å². The molecule has 0 N–H and O–H groups in total. The molecule has 2 unspecified atom stereocenters. The molecule has 1 aliphatic rings. The van der Waals surface area contributed by atoms with Gasteiger partial charge in [0.05, 0.1) is 6.04 Å². The van der Waals surface area contributed by atoms with Gasteiger partial charge in [-0.3, -0.25) is 9.59 Å². The van der Waals surface area contributed by atoms with Crippen molar-refractivity contribution in [3.63, 3.8) is 0 Å². The normalized spacial score (nSPS) is 17.9. The zero-order valence-corrected chi connectivity index (χ0v) is 17.8. The summed E-state index contributed by atoms with van der Waals surface area (Å²) >= 11 is 0. The van der Waals surface area contributed by atoms with Crippen LogP contribution < -0.4 is 9.80 Å². The van der Waals surface area contributed by atoms with Gasteiger partial charge >= 0.3 is 0 Å². The number of carbonyl (C=O) groups excluding carboxylic acids is 2. The number of para-hydroxylation sites is 2. The van der Waals surface area contributed by atoms with Crippen molar-refractivity contribution in [2.24, 2.45) is 0 Å². The molecular formula is C27H26N2O2. The van der Waals surface area contributed by atoms with E-state index in [1.54, 1.807) is 13.0 Å². The van der Waals surface area contributed by atoms with Gasteiger partial charge in [-0.15, -0.1) is 0 Å².